The zero-order chi connectivity index (χ0) is 15.1. The van der Waals surface area contributed by atoms with E-state index in [0.29, 0.717) is 0 Å². The van der Waals surface area contributed by atoms with Crippen LogP contribution >= 0.6 is 0 Å². The summed E-state index contributed by atoms with van der Waals surface area (Å²) in [4.78, 5) is 40.9. The molecule has 0 aromatic carbocycles. The van der Waals surface area contributed by atoms with E-state index in [1.54, 1.807) is 13.8 Å². The molecule has 1 rings (SSSR count). The Balaban J connectivity index is 3.08. The first-order valence-electron chi connectivity index (χ1n) is 6.12. The topological polar surface area (TPSA) is 98.3 Å². The summed E-state index contributed by atoms with van der Waals surface area (Å²) in [5.41, 5.74) is -0.373. The zero-order valence-corrected chi connectivity index (χ0v) is 11.6. The van der Waals surface area contributed by atoms with Crippen molar-refractivity contribution in [3.63, 3.8) is 0 Å². The summed E-state index contributed by atoms with van der Waals surface area (Å²) in [5.74, 6) is -1.16. The van der Waals surface area contributed by atoms with Gasteiger partial charge in [-0.3, -0.25) is 4.79 Å². The van der Waals surface area contributed by atoms with E-state index in [9.17, 15) is 14.4 Å². The highest BCUT2D eigenvalue weighted by atomic mass is 16.5. The van der Waals surface area contributed by atoms with Crippen molar-refractivity contribution in [2.45, 2.75) is 20.8 Å². The van der Waals surface area contributed by atoms with Crippen molar-refractivity contribution >= 4 is 18.0 Å². The van der Waals surface area contributed by atoms with E-state index in [1.807, 2.05) is 0 Å². The van der Waals surface area contributed by atoms with Crippen LogP contribution in [0.1, 0.15) is 35.7 Å². The molecule has 108 valence electrons. The van der Waals surface area contributed by atoms with Gasteiger partial charge in [-0.1, -0.05) is 0 Å². The summed E-state index contributed by atoms with van der Waals surface area (Å²) < 4.78 is 9.51. The molecule has 20 heavy (non-hydrogen) atoms. The summed E-state index contributed by atoms with van der Waals surface area (Å²) in [6.45, 7) is 5.23. The maximum Gasteiger partial charge on any atom is 0.357 e. The van der Waals surface area contributed by atoms with Gasteiger partial charge in [0.05, 0.1) is 13.2 Å². The van der Waals surface area contributed by atoms with Gasteiger partial charge in [0.1, 0.15) is 5.82 Å². The Kier molecular flexibility index (Phi) is 5.64. The summed E-state index contributed by atoms with van der Waals surface area (Å²) in [6.07, 6.45) is 2.38. The minimum atomic E-state index is -0.679. The van der Waals surface area contributed by atoms with Crippen molar-refractivity contribution in [2.75, 3.05) is 13.2 Å². The van der Waals surface area contributed by atoms with Gasteiger partial charge in [0.25, 0.3) is 5.56 Å². The van der Waals surface area contributed by atoms with Crippen molar-refractivity contribution in [1.82, 2.24) is 9.97 Å². The zero-order valence-electron chi connectivity index (χ0n) is 11.6. The van der Waals surface area contributed by atoms with Crippen LogP contribution in [0.25, 0.3) is 6.08 Å². The minimum Gasteiger partial charge on any atom is -0.463 e. The fraction of sp³-hybridized carbons (Fsp3) is 0.385. The lowest BCUT2D eigenvalue weighted by Gasteiger charge is -2.04. The quantitative estimate of drug-likeness (QED) is 0.633. The average Bonchev–Trinajstić information content (AvgIpc) is 2.40. The summed E-state index contributed by atoms with van der Waals surface area (Å²) in [6, 6.07) is 0. The van der Waals surface area contributed by atoms with Crippen LogP contribution in [-0.2, 0) is 14.3 Å². The van der Waals surface area contributed by atoms with Crippen LogP contribution in [0.5, 0.6) is 0 Å². The highest BCUT2D eigenvalue weighted by molar-refractivity contribution is 5.89. The third-order valence-corrected chi connectivity index (χ3v) is 2.30. The molecule has 7 heteroatoms. The van der Waals surface area contributed by atoms with Crippen molar-refractivity contribution in [1.29, 1.82) is 0 Å². The molecule has 0 fully saturated rings. The van der Waals surface area contributed by atoms with Crippen LogP contribution in [0, 0.1) is 6.92 Å². The molecule has 7 nitrogen and oxygen atoms in total. The van der Waals surface area contributed by atoms with E-state index in [0.717, 1.165) is 6.08 Å². The largest absolute Gasteiger partial charge is 0.463 e. The van der Waals surface area contributed by atoms with Crippen LogP contribution in [0.2, 0.25) is 0 Å². The Morgan fingerprint density at radius 2 is 1.90 bits per heavy atom. The number of hydrogen-bond donors (Lipinski definition) is 1. The van der Waals surface area contributed by atoms with Gasteiger partial charge in [0.15, 0.2) is 5.69 Å². The summed E-state index contributed by atoms with van der Waals surface area (Å²) >= 11 is 0. The number of carbonyl (C=O) groups excluding carboxylic acids is 2. The van der Waals surface area contributed by atoms with Gasteiger partial charge in [-0.2, -0.15) is 0 Å². The predicted octanol–water partition coefficient (Wildman–Crippen LogP) is 0.831. The van der Waals surface area contributed by atoms with Gasteiger partial charge < -0.3 is 14.5 Å². The van der Waals surface area contributed by atoms with Gasteiger partial charge in [-0.05, 0) is 26.8 Å². The normalized spacial score (nSPS) is 10.6. The molecule has 0 saturated carbocycles. The minimum absolute atomic E-state index is 0.0703. The summed E-state index contributed by atoms with van der Waals surface area (Å²) in [7, 11) is 0. The standard InChI is InChI=1S/C13H16N2O5/c1-4-19-10(16)7-6-9-14-11(13(18)20-5-2)8(3)12(17)15-9/h6-7H,4-5H2,1-3H3,(H,14,15,17)/b7-6+. The van der Waals surface area contributed by atoms with E-state index in [2.05, 4.69) is 9.97 Å². The molecule has 0 aliphatic rings. The number of nitrogens with one attached hydrogen (secondary N) is 1. The Bertz CT molecular complexity index is 589. The van der Waals surface area contributed by atoms with Crippen LogP contribution in [0.3, 0.4) is 0 Å². The molecule has 0 aliphatic carbocycles. The molecule has 0 saturated heterocycles. The summed E-state index contributed by atoms with van der Waals surface area (Å²) in [5, 5.41) is 0. The number of esters is 2. The van der Waals surface area contributed by atoms with Gasteiger partial charge >= 0.3 is 11.9 Å². The van der Waals surface area contributed by atoms with Crippen LogP contribution in [-0.4, -0.2) is 35.1 Å². The van der Waals surface area contributed by atoms with Gasteiger partial charge in [-0.15, -0.1) is 0 Å². The third kappa shape index (κ3) is 4.04. The number of ether oxygens (including phenoxy) is 2. The first-order valence-corrected chi connectivity index (χ1v) is 6.12. The molecular weight excluding hydrogens is 264 g/mol. The second-order valence-corrected chi connectivity index (χ2v) is 3.73. The number of aromatic nitrogens is 2. The fourth-order valence-corrected chi connectivity index (χ4v) is 1.36. The molecular formula is C13H16N2O5. The maximum atomic E-state index is 11.7. The van der Waals surface area contributed by atoms with E-state index in [-0.39, 0.29) is 30.3 Å². The van der Waals surface area contributed by atoms with Gasteiger partial charge in [-0.25, -0.2) is 14.6 Å². The number of H-pyrrole nitrogens is 1. The van der Waals surface area contributed by atoms with E-state index >= 15 is 0 Å². The van der Waals surface area contributed by atoms with Gasteiger partial charge in [0, 0.05) is 11.6 Å². The molecule has 0 bridgehead atoms. The van der Waals surface area contributed by atoms with Crippen LogP contribution < -0.4 is 5.56 Å². The first kappa shape index (κ1) is 15.6. The number of carbonyl (C=O) groups is 2. The Morgan fingerprint density at radius 3 is 2.50 bits per heavy atom. The lowest BCUT2D eigenvalue weighted by molar-refractivity contribution is -0.137. The molecule has 1 aromatic heterocycles. The Labute approximate surface area is 115 Å². The average molecular weight is 280 g/mol. The molecule has 0 spiro atoms. The smallest absolute Gasteiger partial charge is 0.357 e. The van der Waals surface area contributed by atoms with Crippen molar-refractivity contribution in [3.8, 4) is 0 Å². The van der Waals surface area contributed by atoms with Crippen LogP contribution in [0.15, 0.2) is 10.9 Å². The highest BCUT2D eigenvalue weighted by Gasteiger charge is 2.15. The Hall–Kier alpha value is -2.44. The maximum absolute atomic E-state index is 11.7. The second kappa shape index (κ2) is 7.22. The fourth-order valence-electron chi connectivity index (χ4n) is 1.36. The molecule has 1 aromatic rings. The number of aromatic amines is 1. The highest BCUT2D eigenvalue weighted by Crippen LogP contribution is 2.03. The second-order valence-electron chi connectivity index (χ2n) is 3.73. The van der Waals surface area contributed by atoms with Crippen molar-refractivity contribution in [3.05, 3.63) is 33.5 Å². The number of hydrogen-bond acceptors (Lipinski definition) is 6. The molecule has 0 amide bonds. The molecule has 0 unspecified atom stereocenters. The molecule has 1 N–H and O–H groups in total. The molecule has 0 radical (unpaired) electrons. The monoisotopic (exact) mass is 280 g/mol. The van der Waals surface area contributed by atoms with E-state index in [1.165, 1.54) is 13.0 Å². The van der Waals surface area contributed by atoms with Gasteiger partial charge in [0.2, 0.25) is 0 Å². The van der Waals surface area contributed by atoms with Crippen molar-refractivity contribution < 1.29 is 19.1 Å². The van der Waals surface area contributed by atoms with E-state index < -0.39 is 17.5 Å². The lowest BCUT2D eigenvalue weighted by Crippen LogP contribution is -2.20. The number of rotatable bonds is 5. The van der Waals surface area contributed by atoms with E-state index in [4.69, 9.17) is 9.47 Å². The predicted molar refractivity (Wildman–Crippen MR) is 71.2 cm³/mol. The Morgan fingerprint density at radius 1 is 1.25 bits per heavy atom. The lowest BCUT2D eigenvalue weighted by atomic mass is 10.2. The van der Waals surface area contributed by atoms with Crippen LogP contribution in [0.4, 0.5) is 0 Å². The molecule has 0 aliphatic heterocycles. The van der Waals surface area contributed by atoms with Crippen molar-refractivity contribution in [2.24, 2.45) is 0 Å². The molecule has 0 atom stereocenters. The SMILES string of the molecule is CCOC(=O)/C=C/c1nc(C(=O)OCC)c(C)c(=O)[nH]1. The first-order chi connectivity index (χ1) is 9.49. The third-order valence-electron chi connectivity index (χ3n) is 2.30. The molecule has 1 heterocycles. The number of nitrogens with zero attached hydrogens (tertiary/aromatic N) is 1.